The molecule has 0 aliphatic carbocycles. The number of amides is 1. The summed E-state index contributed by atoms with van der Waals surface area (Å²) in [7, 11) is 1.75. The van der Waals surface area contributed by atoms with E-state index >= 15 is 0 Å². The fourth-order valence-electron chi connectivity index (χ4n) is 2.42. The Morgan fingerprint density at radius 1 is 1.11 bits per heavy atom. The number of halogens is 4. The number of carbonyl (C=O) groups is 1. The van der Waals surface area contributed by atoms with Crippen LogP contribution in [0, 0.1) is 0 Å². The van der Waals surface area contributed by atoms with Crippen molar-refractivity contribution >= 4 is 27.7 Å². The normalized spacial score (nSPS) is 11.3. The van der Waals surface area contributed by atoms with Crippen LogP contribution >= 0.6 is 15.9 Å². The van der Waals surface area contributed by atoms with Gasteiger partial charge in [-0.1, -0.05) is 28.1 Å². The van der Waals surface area contributed by atoms with Crippen LogP contribution in [0.15, 0.2) is 59.1 Å². The third-order valence-corrected chi connectivity index (χ3v) is 4.14. The molecule has 0 unspecified atom stereocenters. The summed E-state index contributed by atoms with van der Waals surface area (Å²) in [5.74, 6) is -0.556. The van der Waals surface area contributed by atoms with Crippen molar-refractivity contribution in [3.63, 3.8) is 0 Å². The molecule has 2 aromatic carbocycles. The monoisotopic (exact) mass is 439 g/mol. The van der Waals surface area contributed by atoms with Gasteiger partial charge in [0.2, 0.25) is 0 Å². The summed E-state index contributed by atoms with van der Waals surface area (Å²) >= 11 is 3.37. The average molecular weight is 440 g/mol. The van der Waals surface area contributed by atoms with E-state index in [-0.39, 0.29) is 5.56 Å². The Hall–Kier alpha value is -2.81. The van der Waals surface area contributed by atoms with Gasteiger partial charge in [-0.25, -0.2) is 0 Å². The van der Waals surface area contributed by atoms with Crippen LogP contribution in [0.4, 0.5) is 19.0 Å². The van der Waals surface area contributed by atoms with Gasteiger partial charge in [0.25, 0.3) is 5.91 Å². The molecule has 27 heavy (non-hydrogen) atoms. The summed E-state index contributed by atoms with van der Waals surface area (Å²) < 4.78 is 42.9. The van der Waals surface area contributed by atoms with Gasteiger partial charge in [-0.05, 0) is 42.0 Å². The van der Waals surface area contributed by atoms with Crippen LogP contribution in [0.25, 0.3) is 11.3 Å². The van der Waals surface area contributed by atoms with Crippen molar-refractivity contribution in [1.82, 2.24) is 9.78 Å². The quantitative estimate of drug-likeness (QED) is 0.622. The fraction of sp³-hybridized carbons (Fsp3) is 0.111. The highest BCUT2D eigenvalue weighted by Crippen LogP contribution is 2.25. The van der Waals surface area contributed by atoms with Crippen molar-refractivity contribution < 1.29 is 22.7 Å². The van der Waals surface area contributed by atoms with Crippen LogP contribution in [-0.2, 0) is 7.05 Å². The Bertz CT molecular complexity index is 951. The van der Waals surface area contributed by atoms with Crippen LogP contribution in [0.3, 0.4) is 0 Å². The lowest BCUT2D eigenvalue weighted by molar-refractivity contribution is -0.274. The first-order chi connectivity index (χ1) is 12.7. The lowest BCUT2D eigenvalue weighted by atomic mass is 10.1. The second-order valence-electron chi connectivity index (χ2n) is 5.57. The molecule has 1 aromatic heterocycles. The van der Waals surface area contributed by atoms with Gasteiger partial charge in [-0.3, -0.25) is 9.48 Å². The number of anilines is 1. The second kappa shape index (κ2) is 7.43. The predicted octanol–water partition coefficient (Wildman–Crippen LogP) is 5.00. The number of nitrogens with one attached hydrogen (secondary N) is 1. The van der Waals surface area contributed by atoms with Crippen molar-refractivity contribution in [2.24, 2.45) is 7.05 Å². The summed E-state index contributed by atoms with van der Waals surface area (Å²) in [6.45, 7) is 0. The van der Waals surface area contributed by atoms with Crippen LogP contribution in [0.5, 0.6) is 5.75 Å². The first-order valence-corrected chi connectivity index (χ1v) is 8.48. The first kappa shape index (κ1) is 19.0. The van der Waals surface area contributed by atoms with Crippen LogP contribution in [0.2, 0.25) is 0 Å². The minimum absolute atomic E-state index is 0.181. The molecule has 0 radical (unpaired) electrons. The van der Waals surface area contributed by atoms with Crippen molar-refractivity contribution in [3.05, 3.63) is 64.6 Å². The lowest BCUT2D eigenvalue weighted by Crippen LogP contribution is -2.17. The van der Waals surface area contributed by atoms with E-state index in [1.165, 1.54) is 12.1 Å². The first-order valence-electron chi connectivity index (χ1n) is 7.68. The number of ether oxygens (including phenoxy) is 1. The van der Waals surface area contributed by atoms with Gasteiger partial charge in [0.1, 0.15) is 5.75 Å². The Balaban J connectivity index is 1.73. The van der Waals surface area contributed by atoms with Gasteiger partial charge in [0.15, 0.2) is 5.82 Å². The average Bonchev–Trinajstić information content (AvgIpc) is 2.95. The maximum atomic E-state index is 12.3. The number of carbonyl (C=O) groups excluding carboxylic acids is 1. The molecule has 0 saturated heterocycles. The number of hydrogen-bond acceptors (Lipinski definition) is 3. The molecule has 0 aliphatic heterocycles. The lowest BCUT2D eigenvalue weighted by Gasteiger charge is -2.09. The molecular weight excluding hydrogens is 427 g/mol. The molecule has 3 rings (SSSR count). The summed E-state index contributed by atoms with van der Waals surface area (Å²) in [5.41, 5.74) is 1.90. The predicted molar refractivity (Wildman–Crippen MR) is 97.4 cm³/mol. The molecule has 0 fully saturated rings. The zero-order chi connectivity index (χ0) is 19.6. The number of benzene rings is 2. The van der Waals surface area contributed by atoms with Crippen molar-refractivity contribution in [1.29, 1.82) is 0 Å². The Kier molecular flexibility index (Phi) is 5.22. The van der Waals surface area contributed by atoms with Gasteiger partial charge < -0.3 is 10.1 Å². The van der Waals surface area contributed by atoms with E-state index in [2.05, 4.69) is 31.1 Å². The fourth-order valence-corrected chi connectivity index (χ4v) is 2.68. The number of aromatic nitrogens is 2. The van der Waals surface area contributed by atoms with Gasteiger partial charge in [-0.2, -0.15) is 5.10 Å². The highest BCUT2D eigenvalue weighted by Gasteiger charge is 2.31. The van der Waals surface area contributed by atoms with Gasteiger partial charge in [0.05, 0.1) is 5.69 Å². The van der Waals surface area contributed by atoms with Crippen LogP contribution in [-0.4, -0.2) is 22.1 Å². The Labute approximate surface area is 160 Å². The van der Waals surface area contributed by atoms with Crippen molar-refractivity contribution in [2.75, 3.05) is 5.32 Å². The van der Waals surface area contributed by atoms with Crippen molar-refractivity contribution in [2.45, 2.75) is 6.36 Å². The van der Waals surface area contributed by atoms with Gasteiger partial charge in [0, 0.05) is 23.2 Å². The Morgan fingerprint density at radius 3 is 2.33 bits per heavy atom. The van der Waals surface area contributed by atoms with E-state index in [9.17, 15) is 18.0 Å². The molecule has 0 spiro atoms. The molecule has 140 valence electrons. The molecule has 0 atom stereocenters. The molecule has 0 aliphatic rings. The number of nitrogens with zero attached hydrogens (tertiary/aromatic N) is 2. The molecule has 0 saturated carbocycles. The summed E-state index contributed by atoms with van der Waals surface area (Å²) in [5, 5.41) is 6.87. The van der Waals surface area contributed by atoms with Crippen LogP contribution < -0.4 is 10.1 Å². The molecule has 1 heterocycles. The summed E-state index contributed by atoms with van der Waals surface area (Å²) in [4.78, 5) is 12.3. The highest BCUT2D eigenvalue weighted by atomic mass is 79.9. The minimum Gasteiger partial charge on any atom is -0.406 e. The number of rotatable bonds is 4. The number of hydrogen-bond donors (Lipinski definition) is 1. The molecule has 0 bridgehead atoms. The molecule has 3 aromatic rings. The van der Waals surface area contributed by atoms with Crippen molar-refractivity contribution in [3.8, 4) is 17.0 Å². The van der Waals surface area contributed by atoms with E-state index < -0.39 is 18.0 Å². The third-order valence-electron chi connectivity index (χ3n) is 3.61. The SMILES string of the molecule is Cn1nc(NC(=O)c2ccc(OC(F)(F)F)cc2)cc1-c1ccc(Br)cc1. The molecule has 1 N–H and O–H groups in total. The van der Waals surface area contributed by atoms with E-state index in [1.807, 2.05) is 24.3 Å². The maximum Gasteiger partial charge on any atom is 0.573 e. The molecule has 1 amide bonds. The molecule has 5 nitrogen and oxygen atoms in total. The third kappa shape index (κ3) is 4.88. The Morgan fingerprint density at radius 2 is 1.74 bits per heavy atom. The zero-order valence-electron chi connectivity index (χ0n) is 13.9. The standard InChI is InChI=1S/C18H13BrF3N3O2/c1-25-15(11-2-6-13(19)7-3-11)10-16(24-25)23-17(26)12-4-8-14(9-5-12)27-18(20,21)22/h2-10H,1H3,(H,23,24,26). The van der Waals surface area contributed by atoms with Gasteiger partial charge >= 0.3 is 6.36 Å². The largest absolute Gasteiger partial charge is 0.573 e. The summed E-state index contributed by atoms with van der Waals surface area (Å²) in [6.07, 6.45) is -4.78. The van der Waals surface area contributed by atoms with E-state index in [0.717, 1.165) is 27.9 Å². The number of alkyl halides is 3. The summed E-state index contributed by atoms with van der Waals surface area (Å²) in [6, 6.07) is 14.0. The second-order valence-corrected chi connectivity index (χ2v) is 6.49. The minimum atomic E-state index is -4.78. The van der Waals surface area contributed by atoms with E-state index in [0.29, 0.717) is 5.82 Å². The number of aryl methyl sites for hydroxylation is 1. The van der Waals surface area contributed by atoms with Gasteiger partial charge in [-0.15, -0.1) is 13.2 Å². The zero-order valence-corrected chi connectivity index (χ0v) is 15.5. The molecule has 9 heteroatoms. The van der Waals surface area contributed by atoms with E-state index in [4.69, 9.17) is 0 Å². The van der Waals surface area contributed by atoms with Crippen LogP contribution in [0.1, 0.15) is 10.4 Å². The molecular formula is C18H13BrF3N3O2. The maximum absolute atomic E-state index is 12.3. The van der Waals surface area contributed by atoms with E-state index in [1.54, 1.807) is 17.8 Å². The topological polar surface area (TPSA) is 56.2 Å². The smallest absolute Gasteiger partial charge is 0.406 e. The highest BCUT2D eigenvalue weighted by molar-refractivity contribution is 9.10.